The second-order valence-corrected chi connectivity index (χ2v) is 7.00. The first kappa shape index (κ1) is 15.5. The van der Waals surface area contributed by atoms with Crippen LogP contribution in [0.4, 0.5) is 0 Å². The molecule has 0 aliphatic heterocycles. The minimum Gasteiger partial charge on any atom is -0.468 e. The van der Waals surface area contributed by atoms with E-state index >= 15 is 0 Å². The van der Waals surface area contributed by atoms with Crippen molar-refractivity contribution in [2.75, 3.05) is 5.75 Å². The summed E-state index contributed by atoms with van der Waals surface area (Å²) in [4.78, 5) is 0. The maximum absolute atomic E-state index is 9.61. The molecule has 1 saturated carbocycles. The minimum absolute atomic E-state index is 0.292. The maximum Gasteiger partial charge on any atom is 0.113 e. The number of hydrogen-bond donors (Lipinski definition) is 1. The van der Waals surface area contributed by atoms with Crippen molar-refractivity contribution < 1.29 is 4.42 Å². The summed E-state index contributed by atoms with van der Waals surface area (Å²) in [5.74, 6) is 3.54. The SMILES string of the molecule is CC(C)NC1(C#N)CCCC1CCSCc1ccco1. The van der Waals surface area contributed by atoms with Gasteiger partial charge in [0, 0.05) is 6.04 Å². The predicted octanol–water partition coefficient (Wildman–Crippen LogP) is 3.96. The van der Waals surface area contributed by atoms with Crippen molar-refractivity contribution in [3.8, 4) is 6.07 Å². The van der Waals surface area contributed by atoms with Gasteiger partial charge in [0.2, 0.25) is 0 Å². The van der Waals surface area contributed by atoms with E-state index in [9.17, 15) is 5.26 Å². The largest absolute Gasteiger partial charge is 0.468 e. The molecule has 2 atom stereocenters. The first-order valence-corrected chi connectivity index (χ1v) is 8.61. The fraction of sp³-hybridized carbons (Fsp3) is 0.688. The van der Waals surface area contributed by atoms with Crippen LogP contribution in [0.5, 0.6) is 0 Å². The normalized spacial score (nSPS) is 26.0. The highest BCUT2D eigenvalue weighted by Gasteiger charge is 2.42. The third-order valence-corrected chi connectivity index (χ3v) is 5.01. The van der Waals surface area contributed by atoms with Crippen LogP contribution < -0.4 is 5.32 Å². The van der Waals surface area contributed by atoms with E-state index in [1.807, 2.05) is 23.9 Å². The fourth-order valence-electron chi connectivity index (χ4n) is 3.15. The fourth-order valence-corrected chi connectivity index (χ4v) is 4.11. The Morgan fingerprint density at radius 3 is 3.10 bits per heavy atom. The Morgan fingerprint density at radius 1 is 1.60 bits per heavy atom. The molecule has 3 nitrogen and oxygen atoms in total. The molecule has 1 aromatic rings. The zero-order chi connectivity index (χ0) is 14.4. The standard InChI is InChI=1S/C16H24N2OS/c1-13(2)18-16(12-17)8-3-5-14(16)7-10-20-11-15-6-4-9-19-15/h4,6,9,13-14,18H,3,5,7-8,10-11H2,1-2H3. The van der Waals surface area contributed by atoms with Gasteiger partial charge in [-0.15, -0.1) is 0 Å². The molecule has 1 N–H and O–H groups in total. The summed E-state index contributed by atoms with van der Waals surface area (Å²) in [6.45, 7) is 4.25. The van der Waals surface area contributed by atoms with Gasteiger partial charge in [0.15, 0.2) is 0 Å². The molecule has 0 amide bonds. The second-order valence-electron chi connectivity index (χ2n) is 5.89. The molecule has 4 heteroatoms. The summed E-state index contributed by atoms with van der Waals surface area (Å²) in [6.07, 6.45) is 6.17. The number of rotatable bonds is 7. The topological polar surface area (TPSA) is 49.0 Å². The van der Waals surface area contributed by atoms with Gasteiger partial charge >= 0.3 is 0 Å². The number of nitriles is 1. The van der Waals surface area contributed by atoms with Crippen molar-refractivity contribution >= 4 is 11.8 Å². The summed E-state index contributed by atoms with van der Waals surface area (Å²) in [6, 6.07) is 6.89. The van der Waals surface area contributed by atoms with E-state index in [4.69, 9.17) is 4.42 Å². The molecule has 110 valence electrons. The van der Waals surface area contributed by atoms with E-state index in [1.54, 1.807) is 6.26 Å². The van der Waals surface area contributed by atoms with Crippen molar-refractivity contribution in [1.29, 1.82) is 5.26 Å². The maximum atomic E-state index is 9.61. The highest BCUT2D eigenvalue weighted by atomic mass is 32.2. The van der Waals surface area contributed by atoms with Gasteiger partial charge in [-0.1, -0.05) is 6.42 Å². The lowest BCUT2D eigenvalue weighted by Gasteiger charge is -2.32. The Kier molecular flexibility index (Phi) is 5.56. The summed E-state index contributed by atoms with van der Waals surface area (Å²) in [5, 5.41) is 13.1. The zero-order valence-electron chi connectivity index (χ0n) is 12.4. The molecule has 1 aliphatic carbocycles. The van der Waals surface area contributed by atoms with Crippen LogP contribution in [-0.2, 0) is 5.75 Å². The van der Waals surface area contributed by atoms with E-state index in [0.717, 1.165) is 30.1 Å². The molecule has 20 heavy (non-hydrogen) atoms. The molecule has 2 unspecified atom stereocenters. The Labute approximate surface area is 126 Å². The minimum atomic E-state index is -0.292. The van der Waals surface area contributed by atoms with Gasteiger partial charge in [-0.25, -0.2) is 0 Å². The Morgan fingerprint density at radius 2 is 2.45 bits per heavy atom. The van der Waals surface area contributed by atoms with Crippen molar-refractivity contribution in [3.63, 3.8) is 0 Å². The predicted molar refractivity (Wildman–Crippen MR) is 83.4 cm³/mol. The molecule has 0 radical (unpaired) electrons. The van der Waals surface area contributed by atoms with Crippen LogP contribution in [0, 0.1) is 17.2 Å². The van der Waals surface area contributed by atoms with Crippen LogP contribution in [0.25, 0.3) is 0 Å². The monoisotopic (exact) mass is 292 g/mol. The first-order valence-electron chi connectivity index (χ1n) is 7.45. The van der Waals surface area contributed by atoms with E-state index in [2.05, 4.69) is 25.2 Å². The van der Waals surface area contributed by atoms with Gasteiger partial charge < -0.3 is 4.42 Å². The van der Waals surface area contributed by atoms with Crippen LogP contribution in [-0.4, -0.2) is 17.3 Å². The third-order valence-electron chi connectivity index (χ3n) is 4.00. The first-order chi connectivity index (χ1) is 9.66. The molecule has 1 heterocycles. The van der Waals surface area contributed by atoms with E-state index in [0.29, 0.717) is 12.0 Å². The highest BCUT2D eigenvalue weighted by Crippen LogP contribution is 2.38. The molecular formula is C16H24N2OS. The van der Waals surface area contributed by atoms with E-state index in [-0.39, 0.29) is 5.54 Å². The summed E-state index contributed by atoms with van der Waals surface area (Å²) >= 11 is 1.90. The third kappa shape index (κ3) is 3.80. The van der Waals surface area contributed by atoms with Crippen LogP contribution in [0.15, 0.2) is 22.8 Å². The van der Waals surface area contributed by atoms with Gasteiger partial charge in [-0.2, -0.15) is 17.0 Å². The van der Waals surface area contributed by atoms with E-state index in [1.165, 1.54) is 12.8 Å². The number of nitrogens with zero attached hydrogens (tertiary/aromatic N) is 1. The lowest BCUT2D eigenvalue weighted by atomic mass is 9.86. The molecule has 0 spiro atoms. The van der Waals surface area contributed by atoms with Crippen molar-refractivity contribution in [1.82, 2.24) is 5.32 Å². The molecule has 2 rings (SSSR count). The number of furan rings is 1. The van der Waals surface area contributed by atoms with Gasteiger partial charge in [0.1, 0.15) is 11.3 Å². The summed E-state index contributed by atoms with van der Waals surface area (Å²) in [7, 11) is 0. The Balaban J connectivity index is 1.80. The summed E-state index contributed by atoms with van der Waals surface area (Å²) < 4.78 is 5.33. The van der Waals surface area contributed by atoms with Crippen LogP contribution in [0.3, 0.4) is 0 Å². The van der Waals surface area contributed by atoms with Crippen LogP contribution in [0.2, 0.25) is 0 Å². The lowest BCUT2D eigenvalue weighted by molar-refractivity contribution is 0.289. The van der Waals surface area contributed by atoms with Gasteiger partial charge in [-0.05, 0) is 56.9 Å². The van der Waals surface area contributed by atoms with Crippen molar-refractivity contribution in [2.45, 2.75) is 56.9 Å². The van der Waals surface area contributed by atoms with E-state index < -0.39 is 0 Å². The lowest BCUT2D eigenvalue weighted by Crippen LogP contribution is -2.50. The number of thioether (sulfide) groups is 1. The Hall–Kier alpha value is -0.920. The average Bonchev–Trinajstić information content (AvgIpc) is 3.04. The molecular weight excluding hydrogens is 268 g/mol. The molecule has 1 aliphatic rings. The van der Waals surface area contributed by atoms with Crippen molar-refractivity contribution in [3.05, 3.63) is 24.2 Å². The average molecular weight is 292 g/mol. The molecule has 0 bridgehead atoms. The van der Waals surface area contributed by atoms with Gasteiger partial charge in [0.25, 0.3) is 0 Å². The number of hydrogen-bond acceptors (Lipinski definition) is 4. The smallest absolute Gasteiger partial charge is 0.113 e. The highest BCUT2D eigenvalue weighted by molar-refractivity contribution is 7.98. The summed E-state index contributed by atoms with van der Waals surface area (Å²) in [5.41, 5.74) is -0.292. The van der Waals surface area contributed by atoms with Gasteiger partial charge in [-0.3, -0.25) is 5.32 Å². The molecule has 0 aromatic carbocycles. The van der Waals surface area contributed by atoms with Gasteiger partial charge in [0.05, 0.1) is 18.1 Å². The zero-order valence-corrected chi connectivity index (χ0v) is 13.2. The molecule has 1 aromatic heterocycles. The number of nitrogens with one attached hydrogen (secondary N) is 1. The molecule has 0 saturated heterocycles. The Bertz CT molecular complexity index is 438. The van der Waals surface area contributed by atoms with Crippen LogP contribution in [0.1, 0.15) is 45.3 Å². The van der Waals surface area contributed by atoms with Crippen molar-refractivity contribution in [2.24, 2.45) is 5.92 Å². The second kappa shape index (κ2) is 7.19. The molecule has 1 fully saturated rings. The quantitative estimate of drug-likeness (QED) is 0.773. The van der Waals surface area contributed by atoms with Crippen LogP contribution >= 0.6 is 11.8 Å².